The molecule has 0 saturated heterocycles. The maximum absolute atomic E-state index is 12.9. The summed E-state index contributed by atoms with van der Waals surface area (Å²) in [7, 11) is 0. The first kappa shape index (κ1) is 19.6. The predicted octanol–water partition coefficient (Wildman–Crippen LogP) is 3.39. The van der Waals surface area contributed by atoms with Crippen LogP contribution in [-0.4, -0.2) is 27.8 Å². The van der Waals surface area contributed by atoms with Gasteiger partial charge in [-0.2, -0.15) is 9.50 Å². The predicted molar refractivity (Wildman–Crippen MR) is 118 cm³/mol. The molecular weight excluding hydrogens is 414 g/mol. The van der Waals surface area contributed by atoms with E-state index in [-0.39, 0.29) is 5.56 Å². The Labute approximate surface area is 182 Å². The fourth-order valence-electron chi connectivity index (χ4n) is 3.33. The molecule has 0 N–H and O–H groups in total. The number of thiazole rings is 1. The lowest BCUT2D eigenvalue weighted by Crippen LogP contribution is -2.26. The van der Waals surface area contributed by atoms with Crippen molar-refractivity contribution in [2.45, 2.75) is 25.9 Å². The van der Waals surface area contributed by atoms with E-state index in [0.717, 1.165) is 24.2 Å². The molecule has 1 atom stereocenters. The Morgan fingerprint density at radius 1 is 1.19 bits per heavy atom. The molecule has 5 rings (SSSR count). The first-order valence-electron chi connectivity index (χ1n) is 10.2. The summed E-state index contributed by atoms with van der Waals surface area (Å²) in [5, 5.41) is 4.40. The smallest absolute Gasteiger partial charge is 0.291 e. The van der Waals surface area contributed by atoms with Crippen molar-refractivity contribution >= 4 is 22.4 Å². The number of hydrogen-bond acceptors (Lipinski definition) is 7. The molecule has 0 saturated carbocycles. The van der Waals surface area contributed by atoms with E-state index in [1.807, 2.05) is 54.6 Å². The van der Waals surface area contributed by atoms with Gasteiger partial charge in [-0.25, -0.2) is 0 Å². The summed E-state index contributed by atoms with van der Waals surface area (Å²) in [5.41, 5.74) is 0.653. The van der Waals surface area contributed by atoms with E-state index in [0.29, 0.717) is 40.0 Å². The van der Waals surface area contributed by atoms with Gasteiger partial charge in [0.1, 0.15) is 12.4 Å². The average Bonchev–Trinajstić information content (AvgIpc) is 3.34. The second-order valence-electron chi connectivity index (χ2n) is 7.18. The van der Waals surface area contributed by atoms with Gasteiger partial charge in [-0.05, 0) is 30.7 Å². The zero-order chi connectivity index (χ0) is 21.2. The number of nitrogens with zero attached hydrogens (tertiary/aromatic N) is 3. The normalized spacial score (nSPS) is 16.0. The number of benzene rings is 2. The van der Waals surface area contributed by atoms with Crippen molar-refractivity contribution in [3.05, 3.63) is 74.8 Å². The van der Waals surface area contributed by atoms with Crippen LogP contribution in [0.5, 0.6) is 17.2 Å². The van der Waals surface area contributed by atoms with Gasteiger partial charge in [0.2, 0.25) is 4.96 Å². The third kappa shape index (κ3) is 3.86. The zero-order valence-electron chi connectivity index (χ0n) is 17.0. The van der Waals surface area contributed by atoms with Gasteiger partial charge >= 0.3 is 0 Å². The van der Waals surface area contributed by atoms with Crippen molar-refractivity contribution in [1.29, 1.82) is 0 Å². The highest BCUT2D eigenvalue weighted by Gasteiger charge is 2.27. The molecule has 2 aromatic carbocycles. The van der Waals surface area contributed by atoms with Crippen LogP contribution in [-0.2, 0) is 0 Å². The zero-order valence-corrected chi connectivity index (χ0v) is 17.8. The lowest BCUT2D eigenvalue weighted by Gasteiger charge is -2.24. The number of aromatic nitrogens is 3. The number of hydrogen-bond donors (Lipinski definition) is 0. The van der Waals surface area contributed by atoms with Crippen LogP contribution in [0.2, 0.25) is 0 Å². The van der Waals surface area contributed by atoms with Gasteiger partial charge in [0.25, 0.3) is 5.56 Å². The minimum Gasteiger partial charge on any atom is -0.493 e. The van der Waals surface area contributed by atoms with Crippen LogP contribution < -0.4 is 24.3 Å². The number of unbranched alkanes of at least 4 members (excludes halogenated alkanes) is 1. The molecule has 0 radical (unpaired) electrons. The van der Waals surface area contributed by atoms with Gasteiger partial charge in [0.15, 0.2) is 23.4 Å². The quantitative estimate of drug-likeness (QED) is 0.432. The second kappa shape index (κ2) is 8.39. The van der Waals surface area contributed by atoms with Crippen molar-refractivity contribution in [3.63, 3.8) is 0 Å². The molecular formula is C23H21N3O4S. The summed E-state index contributed by atoms with van der Waals surface area (Å²) in [6, 6.07) is 15.2. The van der Waals surface area contributed by atoms with Gasteiger partial charge < -0.3 is 14.2 Å². The van der Waals surface area contributed by atoms with E-state index in [4.69, 9.17) is 14.2 Å². The Morgan fingerprint density at radius 2 is 2.00 bits per heavy atom. The Bertz CT molecular complexity index is 1330. The van der Waals surface area contributed by atoms with E-state index in [9.17, 15) is 4.79 Å². The summed E-state index contributed by atoms with van der Waals surface area (Å²) >= 11 is 1.30. The Morgan fingerprint density at radius 3 is 2.84 bits per heavy atom. The molecule has 1 aliphatic heterocycles. The van der Waals surface area contributed by atoms with Crippen molar-refractivity contribution in [2.75, 3.05) is 13.2 Å². The van der Waals surface area contributed by atoms with Gasteiger partial charge in [-0.3, -0.25) is 4.79 Å². The molecule has 0 aliphatic carbocycles. The standard InChI is InChI=1S/C23H21N3O4S/c1-2-3-12-28-16-9-5-4-8-15(16)13-20-22(27)26-23(31-20)24-21(25-26)19-14-29-17-10-6-7-11-18(17)30-19/h4-11,13,19H,2-3,12,14H2,1H3/b20-13+/t19-/m0/s1. The summed E-state index contributed by atoms with van der Waals surface area (Å²) in [5.74, 6) is 2.54. The van der Waals surface area contributed by atoms with Gasteiger partial charge in [-0.15, -0.1) is 5.10 Å². The van der Waals surface area contributed by atoms with Crippen LogP contribution >= 0.6 is 11.3 Å². The number of rotatable bonds is 6. The Kier molecular flexibility index (Phi) is 5.30. The Hall–Kier alpha value is -3.39. The van der Waals surface area contributed by atoms with Crippen LogP contribution in [0.3, 0.4) is 0 Å². The molecule has 8 heteroatoms. The van der Waals surface area contributed by atoms with Gasteiger partial charge in [-0.1, -0.05) is 55.0 Å². The molecule has 7 nitrogen and oxygen atoms in total. The van der Waals surface area contributed by atoms with Crippen molar-refractivity contribution < 1.29 is 14.2 Å². The average molecular weight is 436 g/mol. The maximum atomic E-state index is 12.9. The third-order valence-corrected chi connectivity index (χ3v) is 5.92. The van der Waals surface area contributed by atoms with Crippen LogP contribution in [0, 0.1) is 0 Å². The molecule has 0 bridgehead atoms. The minimum atomic E-state index is -0.457. The third-order valence-electron chi connectivity index (χ3n) is 4.96. The molecule has 0 fully saturated rings. The number of para-hydroxylation sites is 3. The summed E-state index contributed by atoms with van der Waals surface area (Å²) < 4.78 is 19.5. The van der Waals surface area contributed by atoms with E-state index in [2.05, 4.69) is 17.0 Å². The number of fused-ring (bicyclic) bond motifs is 2. The summed E-state index contributed by atoms with van der Waals surface area (Å²) in [4.78, 5) is 18.0. The molecule has 0 spiro atoms. The molecule has 31 heavy (non-hydrogen) atoms. The first-order valence-corrected chi connectivity index (χ1v) is 11.1. The lowest BCUT2D eigenvalue weighted by molar-refractivity contribution is 0.0852. The monoisotopic (exact) mass is 435 g/mol. The van der Waals surface area contributed by atoms with E-state index in [1.54, 1.807) is 0 Å². The van der Waals surface area contributed by atoms with E-state index in [1.165, 1.54) is 15.9 Å². The van der Waals surface area contributed by atoms with Crippen LogP contribution in [0.4, 0.5) is 0 Å². The molecule has 158 valence electrons. The summed E-state index contributed by atoms with van der Waals surface area (Å²) in [6.45, 7) is 3.07. The lowest BCUT2D eigenvalue weighted by atomic mass is 10.2. The van der Waals surface area contributed by atoms with E-state index < -0.39 is 6.10 Å². The van der Waals surface area contributed by atoms with Crippen molar-refractivity contribution in [2.24, 2.45) is 0 Å². The molecule has 1 aliphatic rings. The highest BCUT2D eigenvalue weighted by atomic mass is 32.1. The van der Waals surface area contributed by atoms with Crippen LogP contribution in [0.25, 0.3) is 11.0 Å². The van der Waals surface area contributed by atoms with Crippen LogP contribution in [0.1, 0.15) is 37.3 Å². The molecule has 0 unspecified atom stereocenters. The fraction of sp³-hybridized carbons (Fsp3) is 0.261. The van der Waals surface area contributed by atoms with E-state index >= 15 is 0 Å². The molecule has 3 heterocycles. The molecule has 2 aromatic heterocycles. The maximum Gasteiger partial charge on any atom is 0.291 e. The van der Waals surface area contributed by atoms with Crippen LogP contribution in [0.15, 0.2) is 53.3 Å². The fourth-order valence-corrected chi connectivity index (χ4v) is 4.24. The first-order chi connectivity index (χ1) is 15.2. The Balaban J connectivity index is 1.44. The van der Waals surface area contributed by atoms with Crippen molar-refractivity contribution in [1.82, 2.24) is 14.6 Å². The van der Waals surface area contributed by atoms with Crippen molar-refractivity contribution in [3.8, 4) is 17.2 Å². The highest BCUT2D eigenvalue weighted by Crippen LogP contribution is 2.35. The largest absolute Gasteiger partial charge is 0.493 e. The second-order valence-corrected chi connectivity index (χ2v) is 8.19. The topological polar surface area (TPSA) is 74.9 Å². The molecule has 0 amide bonds. The summed E-state index contributed by atoms with van der Waals surface area (Å²) in [6.07, 6.45) is 3.42. The highest BCUT2D eigenvalue weighted by molar-refractivity contribution is 7.15. The van der Waals surface area contributed by atoms with Gasteiger partial charge in [0.05, 0.1) is 11.1 Å². The minimum absolute atomic E-state index is 0.209. The number of ether oxygens (including phenoxy) is 3. The van der Waals surface area contributed by atoms with Gasteiger partial charge in [0, 0.05) is 5.56 Å². The molecule has 4 aromatic rings. The SMILES string of the molecule is CCCCOc1ccccc1/C=c1/sc2nc([C@@H]3COc4ccccc4O3)nn2c1=O.